The van der Waals surface area contributed by atoms with Gasteiger partial charge in [-0.1, -0.05) is 29.8 Å². The number of H-pyrrole nitrogens is 1. The van der Waals surface area contributed by atoms with E-state index in [0.29, 0.717) is 16.9 Å². The van der Waals surface area contributed by atoms with E-state index in [9.17, 15) is 14.9 Å². The van der Waals surface area contributed by atoms with Gasteiger partial charge in [0, 0.05) is 5.56 Å². The molecule has 0 radical (unpaired) electrons. The fourth-order valence-electron chi connectivity index (χ4n) is 2.47. The zero-order chi connectivity index (χ0) is 17.8. The van der Waals surface area contributed by atoms with E-state index in [2.05, 4.69) is 15.3 Å². The van der Waals surface area contributed by atoms with Crippen LogP contribution < -0.4 is 5.32 Å². The van der Waals surface area contributed by atoms with Gasteiger partial charge in [-0.2, -0.15) is 5.26 Å². The van der Waals surface area contributed by atoms with Gasteiger partial charge in [0.25, 0.3) is 5.91 Å². The Kier molecular flexibility index (Phi) is 4.57. The molecule has 3 aromatic rings. The zero-order valence-electron chi connectivity index (χ0n) is 13.6. The van der Waals surface area contributed by atoms with Crippen LogP contribution in [0.4, 0.5) is 0 Å². The standard InChI is InChI=1S/C19H16N4O2/c1-12-6-8-13(9-7-12)19(25)21-11-17(24)14(10-20)18-22-15-4-2-3-5-16(15)23-18/h2-9,14H,11H2,1H3,(H,21,25)(H,22,23)/t14-/m0/s1. The van der Waals surface area contributed by atoms with Crippen LogP contribution in [-0.4, -0.2) is 28.2 Å². The molecule has 1 atom stereocenters. The van der Waals surface area contributed by atoms with Crippen molar-refractivity contribution >= 4 is 22.7 Å². The average Bonchev–Trinajstić information content (AvgIpc) is 3.04. The summed E-state index contributed by atoms with van der Waals surface area (Å²) in [7, 11) is 0. The lowest BCUT2D eigenvalue weighted by Crippen LogP contribution is -2.32. The summed E-state index contributed by atoms with van der Waals surface area (Å²) in [6, 6.07) is 16.3. The number of nitriles is 1. The number of ketones is 1. The Morgan fingerprint density at radius 1 is 1.20 bits per heavy atom. The molecule has 2 aromatic carbocycles. The number of aromatic nitrogens is 2. The summed E-state index contributed by atoms with van der Waals surface area (Å²) in [5.41, 5.74) is 2.96. The zero-order valence-corrected chi connectivity index (χ0v) is 13.6. The van der Waals surface area contributed by atoms with Crippen LogP contribution >= 0.6 is 0 Å². The van der Waals surface area contributed by atoms with Crippen molar-refractivity contribution in [3.63, 3.8) is 0 Å². The number of hydrogen-bond donors (Lipinski definition) is 2. The van der Waals surface area contributed by atoms with Crippen LogP contribution in [0.15, 0.2) is 48.5 Å². The van der Waals surface area contributed by atoms with Crippen LogP contribution in [0.3, 0.4) is 0 Å². The third kappa shape index (κ3) is 3.56. The number of aryl methyl sites for hydroxylation is 1. The van der Waals surface area contributed by atoms with Crippen LogP contribution in [0.5, 0.6) is 0 Å². The third-order valence-corrected chi connectivity index (χ3v) is 3.87. The molecule has 6 nitrogen and oxygen atoms in total. The van der Waals surface area contributed by atoms with E-state index in [4.69, 9.17) is 0 Å². The Hall–Kier alpha value is -3.46. The minimum absolute atomic E-state index is 0.234. The number of nitrogens with zero attached hydrogens (tertiary/aromatic N) is 2. The topological polar surface area (TPSA) is 98.6 Å². The lowest BCUT2D eigenvalue weighted by Gasteiger charge is -2.07. The average molecular weight is 332 g/mol. The van der Waals surface area contributed by atoms with E-state index < -0.39 is 11.7 Å². The van der Waals surface area contributed by atoms with Gasteiger partial charge in [-0.05, 0) is 31.2 Å². The first-order chi connectivity index (χ1) is 12.1. The molecule has 0 bridgehead atoms. The highest BCUT2D eigenvalue weighted by Gasteiger charge is 2.24. The maximum atomic E-state index is 12.3. The van der Waals surface area contributed by atoms with Gasteiger partial charge in [-0.15, -0.1) is 0 Å². The highest BCUT2D eigenvalue weighted by atomic mass is 16.2. The van der Waals surface area contributed by atoms with E-state index in [1.165, 1.54) is 0 Å². The van der Waals surface area contributed by atoms with Crippen molar-refractivity contribution in [1.82, 2.24) is 15.3 Å². The number of carbonyl (C=O) groups is 2. The van der Waals surface area contributed by atoms with Crippen LogP contribution in [0.25, 0.3) is 11.0 Å². The van der Waals surface area contributed by atoms with Crippen LogP contribution in [-0.2, 0) is 4.79 Å². The molecule has 1 aromatic heterocycles. The molecule has 25 heavy (non-hydrogen) atoms. The molecule has 0 aliphatic heterocycles. The van der Waals surface area contributed by atoms with Gasteiger partial charge in [0.2, 0.25) is 0 Å². The van der Waals surface area contributed by atoms with Crippen molar-refractivity contribution in [2.75, 3.05) is 6.54 Å². The summed E-state index contributed by atoms with van der Waals surface area (Å²) in [4.78, 5) is 31.7. The summed E-state index contributed by atoms with van der Waals surface area (Å²) in [6.07, 6.45) is 0. The monoisotopic (exact) mass is 332 g/mol. The molecule has 0 aliphatic rings. The Balaban J connectivity index is 1.69. The van der Waals surface area contributed by atoms with Crippen molar-refractivity contribution in [1.29, 1.82) is 5.26 Å². The van der Waals surface area contributed by atoms with Crippen LogP contribution in [0.1, 0.15) is 27.7 Å². The first-order valence-corrected chi connectivity index (χ1v) is 7.80. The molecule has 6 heteroatoms. The Labute approximate surface area is 144 Å². The third-order valence-electron chi connectivity index (χ3n) is 3.87. The van der Waals surface area contributed by atoms with E-state index in [0.717, 1.165) is 11.1 Å². The number of para-hydroxylation sites is 2. The highest BCUT2D eigenvalue weighted by Crippen LogP contribution is 2.17. The van der Waals surface area contributed by atoms with Crippen molar-refractivity contribution in [2.24, 2.45) is 0 Å². The van der Waals surface area contributed by atoms with Crippen LogP contribution in [0.2, 0.25) is 0 Å². The highest BCUT2D eigenvalue weighted by molar-refractivity contribution is 5.98. The van der Waals surface area contributed by atoms with Gasteiger partial charge in [0.15, 0.2) is 11.7 Å². The van der Waals surface area contributed by atoms with Crippen molar-refractivity contribution in [3.8, 4) is 6.07 Å². The van der Waals surface area contributed by atoms with Crippen molar-refractivity contribution < 1.29 is 9.59 Å². The second-order valence-electron chi connectivity index (χ2n) is 5.72. The first-order valence-electron chi connectivity index (χ1n) is 7.80. The van der Waals surface area contributed by atoms with E-state index in [1.54, 1.807) is 18.2 Å². The van der Waals surface area contributed by atoms with Crippen molar-refractivity contribution in [2.45, 2.75) is 12.8 Å². The fourth-order valence-corrected chi connectivity index (χ4v) is 2.47. The molecule has 0 aliphatic carbocycles. The van der Waals surface area contributed by atoms with E-state index in [1.807, 2.05) is 43.3 Å². The van der Waals surface area contributed by atoms with Gasteiger partial charge >= 0.3 is 0 Å². The lowest BCUT2D eigenvalue weighted by atomic mass is 10.1. The van der Waals surface area contributed by atoms with Crippen LogP contribution in [0, 0.1) is 18.3 Å². The lowest BCUT2D eigenvalue weighted by molar-refractivity contribution is -0.118. The maximum Gasteiger partial charge on any atom is 0.251 e. The smallest absolute Gasteiger partial charge is 0.251 e. The van der Waals surface area contributed by atoms with Gasteiger partial charge < -0.3 is 10.3 Å². The first kappa shape index (κ1) is 16.4. The normalized spacial score (nSPS) is 11.7. The summed E-state index contributed by atoms with van der Waals surface area (Å²) in [5.74, 6) is -1.53. The molecule has 0 fully saturated rings. The molecule has 0 saturated carbocycles. The number of fused-ring (bicyclic) bond motifs is 1. The molecule has 2 N–H and O–H groups in total. The van der Waals surface area contributed by atoms with Gasteiger partial charge in [-0.3, -0.25) is 9.59 Å². The minimum atomic E-state index is -1.05. The molecule has 3 rings (SSSR count). The number of rotatable bonds is 5. The number of carbonyl (C=O) groups excluding carboxylic acids is 2. The van der Waals surface area contributed by atoms with E-state index >= 15 is 0 Å². The van der Waals surface area contributed by atoms with Crippen molar-refractivity contribution in [3.05, 3.63) is 65.5 Å². The van der Waals surface area contributed by atoms with Gasteiger partial charge in [0.05, 0.1) is 23.6 Å². The SMILES string of the molecule is Cc1ccc(C(=O)NCC(=O)[C@H](C#N)c2nc3ccccc3[nH]2)cc1. The summed E-state index contributed by atoms with van der Waals surface area (Å²) in [6.45, 7) is 1.69. The molecular weight excluding hydrogens is 316 g/mol. The minimum Gasteiger partial charge on any atom is -0.345 e. The predicted molar refractivity (Wildman–Crippen MR) is 93.0 cm³/mol. The number of amides is 1. The number of nitrogens with one attached hydrogen (secondary N) is 2. The Morgan fingerprint density at radius 2 is 1.92 bits per heavy atom. The molecular formula is C19H16N4O2. The number of imidazole rings is 1. The van der Waals surface area contributed by atoms with E-state index in [-0.39, 0.29) is 12.5 Å². The summed E-state index contributed by atoms with van der Waals surface area (Å²) < 4.78 is 0. The predicted octanol–water partition coefficient (Wildman–Crippen LogP) is 2.48. The second kappa shape index (κ2) is 6.97. The number of aromatic amines is 1. The molecule has 0 saturated heterocycles. The molecule has 0 spiro atoms. The molecule has 124 valence electrons. The molecule has 0 unspecified atom stereocenters. The van der Waals surface area contributed by atoms with Gasteiger partial charge in [-0.25, -0.2) is 4.98 Å². The number of Topliss-reactive ketones (excluding diaryl/α,β-unsaturated/α-hetero) is 1. The quantitative estimate of drug-likeness (QED) is 0.750. The molecule has 1 amide bonds. The number of benzene rings is 2. The fraction of sp³-hybridized carbons (Fsp3) is 0.158. The summed E-state index contributed by atoms with van der Waals surface area (Å²) >= 11 is 0. The number of hydrogen-bond acceptors (Lipinski definition) is 4. The summed E-state index contributed by atoms with van der Waals surface area (Å²) in [5, 5.41) is 11.9. The largest absolute Gasteiger partial charge is 0.345 e. The maximum absolute atomic E-state index is 12.3. The Bertz CT molecular complexity index is 934. The second-order valence-corrected chi connectivity index (χ2v) is 5.72. The molecule has 1 heterocycles. The van der Waals surface area contributed by atoms with Gasteiger partial charge in [0.1, 0.15) is 5.82 Å². The Morgan fingerprint density at radius 3 is 2.60 bits per heavy atom.